The van der Waals surface area contributed by atoms with E-state index in [-0.39, 0.29) is 37.4 Å². The molecule has 290 valence electrons. The number of allylic oxidation sites excluding steroid dienone is 5. The topological polar surface area (TPSA) is 85.4 Å². The van der Waals surface area contributed by atoms with E-state index in [2.05, 4.69) is 57.2 Å². The molecule has 0 saturated carbocycles. The van der Waals surface area contributed by atoms with Gasteiger partial charge in [-0.05, 0) is 57.3 Å². The van der Waals surface area contributed by atoms with Gasteiger partial charge in [0.05, 0.1) is 12.2 Å². The Balaban J connectivity index is 1.85. The van der Waals surface area contributed by atoms with Crippen LogP contribution in [0.15, 0.2) is 36.5 Å². The van der Waals surface area contributed by atoms with Gasteiger partial charge >= 0.3 is 11.9 Å². The summed E-state index contributed by atoms with van der Waals surface area (Å²) in [4.78, 5) is 24.1. The summed E-state index contributed by atoms with van der Waals surface area (Å²) in [6.45, 7) is 6.60. The van der Waals surface area contributed by atoms with Crippen molar-refractivity contribution in [2.45, 2.75) is 212 Å². The molecule has 1 aliphatic heterocycles. The van der Waals surface area contributed by atoms with Crippen LogP contribution in [0.25, 0.3) is 0 Å². The maximum absolute atomic E-state index is 12.1. The summed E-state index contributed by atoms with van der Waals surface area (Å²) in [6, 6.07) is 0. The Morgan fingerprint density at radius 1 is 0.620 bits per heavy atom. The lowest BCUT2D eigenvalue weighted by Gasteiger charge is -2.12. The minimum absolute atomic E-state index is 0.137. The Hall–Kier alpha value is -1.92. The third-order valence-corrected chi connectivity index (χ3v) is 9.84. The zero-order valence-electron chi connectivity index (χ0n) is 32.8. The lowest BCUT2D eigenvalue weighted by atomic mass is 9.99. The lowest BCUT2D eigenvalue weighted by molar-refractivity contribution is -0.152. The van der Waals surface area contributed by atoms with Crippen LogP contribution in [0.3, 0.4) is 0 Å². The molecule has 0 radical (unpaired) electrons. The second kappa shape index (κ2) is 34.2. The number of hydrogen-bond donors (Lipinski definition) is 1. The molecule has 4 atom stereocenters. The zero-order chi connectivity index (χ0) is 36.3. The predicted molar refractivity (Wildman–Crippen MR) is 209 cm³/mol. The van der Waals surface area contributed by atoms with E-state index in [9.17, 15) is 14.7 Å². The lowest BCUT2D eigenvalue weighted by Crippen LogP contribution is -2.25. The molecular formula is C44H78O6. The van der Waals surface area contributed by atoms with Crippen molar-refractivity contribution < 1.29 is 28.9 Å². The van der Waals surface area contributed by atoms with Crippen LogP contribution in [0, 0.1) is 5.92 Å². The Labute approximate surface area is 308 Å². The number of carbonyl (C=O) groups excluding carboxylic acids is 2. The molecular weight excluding hydrogens is 624 g/mol. The normalized spacial score (nSPS) is 17.2. The van der Waals surface area contributed by atoms with E-state index in [1.807, 2.05) is 0 Å². The maximum atomic E-state index is 12.1. The molecule has 0 spiro atoms. The minimum atomic E-state index is -0.993. The van der Waals surface area contributed by atoms with Gasteiger partial charge in [0.1, 0.15) is 19.3 Å². The first kappa shape index (κ1) is 46.1. The van der Waals surface area contributed by atoms with Gasteiger partial charge in [0.2, 0.25) is 0 Å². The fourth-order valence-electron chi connectivity index (χ4n) is 6.15. The van der Waals surface area contributed by atoms with Gasteiger partial charge < -0.3 is 19.3 Å². The van der Waals surface area contributed by atoms with Crippen LogP contribution in [-0.4, -0.2) is 48.6 Å². The number of hydrogen-bond acceptors (Lipinski definition) is 6. The summed E-state index contributed by atoms with van der Waals surface area (Å²) in [6.07, 6.45) is 43.6. The van der Waals surface area contributed by atoms with E-state index in [4.69, 9.17) is 14.2 Å². The number of unbranched alkanes of at least 4 members (excludes halogenated alkanes) is 16. The van der Waals surface area contributed by atoms with E-state index in [0.717, 1.165) is 50.9 Å². The first-order valence-electron chi connectivity index (χ1n) is 21.1. The van der Waals surface area contributed by atoms with E-state index >= 15 is 0 Å². The number of ether oxygens (including phenoxy) is 3. The Morgan fingerprint density at radius 3 is 1.68 bits per heavy atom. The highest BCUT2D eigenvalue weighted by Crippen LogP contribution is 2.30. The molecule has 3 unspecified atom stereocenters. The molecule has 1 heterocycles. The molecule has 6 nitrogen and oxygen atoms in total. The van der Waals surface area contributed by atoms with E-state index in [1.165, 1.54) is 109 Å². The van der Waals surface area contributed by atoms with Crippen molar-refractivity contribution in [2.24, 2.45) is 5.92 Å². The number of aliphatic hydroxyl groups is 1. The molecule has 1 N–H and O–H groups in total. The predicted octanol–water partition coefficient (Wildman–Crippen LogP) is 12.1. The first-order valence-corrected chi connectivity index (χ1v) is 21.1. The Bertz CT molecular complexity index is 880. The summed E-state index contributed by atoms with van der Waals surface area (Å²) in [5.41, 5.74) is 0. The van der Waals surface area contributed by atoms with Gasteiger partial charge in [0.25, 0.3) is 0 Å². The van der Waals surface area contributed by atoms with Gasteiger partial charge in [0.15, 0.2) is 0 Å². The third kappa shape index (κ3) is 30.9. The second-order valence-electron chi connectivity index (χ2n) is 14.7. The van der Waals surface area contributed by atoms with Crippen molar-refractivity contribution in [1.29, 1.82) is 0 Å². The molecule has 0 amide bonds. The summed E-state index contributed by atoms with van der Waals surface area (Å²) < 4.78 is 16.1. The number of rotatable bonds is 36. The van der Waals surface area contributed by atoms with Gasteiger partial charge in [-0.1, -0.05) is 166 Å². The first-order chi connectivity index (χ1) is 24.5. The SMILES string of the molecule is CCCCC/C=C\C/C=C\C/C=C\CC1OC1CCCC(=O)OC[C@H](O)COC(=O)CCCCCCCCCCCCCCCCC(C)CC. The number of aliphatic hydroxyl groups excluding tert-OH is 1. The van der Waals surface area contributed by atoms with Crippen LogP contribution in [0.1, 0.15) is 194 Å². The molecule has 50 heavy (non-hydrogen) atoms. The van der Waals surface area contributed by atoms with Gasteiger partial charge in [-0.3, -0.25) is 9.59 Å². The Morgan fingerprint density at radius 2 is 1.12 bits per heavy atom. The van der Waals surface area contributed by atoms with Crippen LogP contribution in [0.2, 0.25) is 0 Å². The van der Waals surface area contributed by atoms with Crippen molar-refractivity contribution in [1.82, 2.24) is 0 Å². The molecule has 1 saturated heterocycles. The molecule has 0 aliphatic carbocycles. The van der Waals surface area contributed by atoms with Crippen LogP contribution < -0.4 is 0 Å². The zero-order valence-corrected chi connectivity index (χ0v) is 32.8. The van der Waals surface area contributed by atoms with Crippen LogP contribution in [0.4, 0.5) is 0 Å². The summed E-state index contributed by atoms with van der Waals surface area (Å²) in [5.74, 6) is 0.264. The molecule has 0 aromatic rings. The van der Waals surface area contributed by atoms with Crippen molar-refractivity contribution in [2.75, 3.05) is 13.2 Å². The molecule has 1 rings (SSSR count). The van der Waals surface area contributed by atoms with Crippen molar-refractivity contribution in [3.05, 3.63) is 36.5 Å². The Kier molecular flexibility index (Phi) is 31.5. The summed E-state index contributed by atoms with van der Waals surface area (Å²) in [7, 11) is 0. The number of carbonyl (C=O) groups is 2. The molecule has 0 bridgehead atoms. The monoisotopic (exact) mass is 703 g/mol. The molecule has 0 aromatic carbocycles. The molecule has 1 fully saturated rings. The van der Waals surface area contributed by atoms with Crippen LogP contribution >= 0.6 is 0 Å². The highest BCUT2D eigenvalue weighted by atomic mass is 16.6. The molecule has 6 heteroatoms. The average Bonchev–Trinajstić information content (AvgIpc) is 3.87. The number of epoxide rings is 1. The van der Waals surface area contributed by atoms with Crippen LogP contribution in [-0.2, 0) is 23.8 Å². The van der Waals surface area contributed by atoms with Gasteiger partial charge in [-0.15, -0.1) is 0 Å². The highest BCUT2D eigenvalue weighted by molar-refractivity contribution is 5.69. The van der Waals surface area contributed by atoms with Crippen LogP contribution in [0.5, 0.6) is 0 Å². The number of esters is 2. The fourth-order valence-corrected chi connectivity index (χ4v) is 6.15. The largest absolute Gasteiger partial charge is 0.463 e. The van der Waals surface area contributed by atoms with E-state index < -0.39 is 6.10 Å². The smallest absolute Gasteiger partial charge is 0.305 e. The van der Waals surface area contributed by atoms with Crippen molar-refractivity contribution in [3.63, 3.8) is 0 Å². The highest BCUT2D eigenvalue weighted by Gasteiger charge is 2.36. The fraction of sp³-hybridized carbons (Fsp3) is 0.818. The van der Waals surface area contributed by atoms with Gasteiger partial charge in [-0.2, -0.15) is 0 Å². The third-order valence-electron chi connectivity index (χ3n) is 9.84. The van der Waals surface area contributed by atoms with Crippen molar-refractivity contribution in [3.8, 4) is 0 Å². The molecule has 1 aliphatic rings. The second-order valence-corrected chi connectivity index (χ2v) is 14.7. The van der Waals surface area contributed by atoms with E-state index in [1.54, 1.807) is 0 Å². The summed E-state index contributed by atoms with van der Waals surface area (Å²) >= 11 is 0. The quantitative estimate of drug-likeness (QED) is 0.0303. The van der Waals surface area contributed by atoms with Gasteiger partial charge in [0, 0.05) is 12.8 Å². The standard InChI is InChI=1S/C44H78O6/c1-4-6-7-8-9-10-11-17-20-23-26-29-33-41-42(50-41)34-31-36-44(47)49-38-40(45)37-48-43(46)35-30-27-24-21-18-15-13-12-14-16-19-22-25-28-32-39(3)5-2/h9-10,17,20,26,29,39-42,45H,4-8,11-16,18-19,21-25,27-28,30-38H2,1-3H3/b10-9-,20-17-,29-26-/t39?,40-,41?,42?/m1/s1. The average molecular weight is 703 g/mol. The summed E-state index contributed by atoms with van der Waals surface area (Å²) in [5, 5.41) is 10.1. The van der Waals surface area contributed by atoms with Gasteiger partial charge in [-0.25, -0.2) is 0 Å². The molecule has 0 aromatic heterocycles. The maximum Gasteiger partial charge on any atom is 0.305 e. The minimum Gasteiger partial charge on any atom is -0.463 e. The van der Waals surface area contributed by atoms with E-state index in [0.29, 0.717) is 19.3 Å². The van der Waals surface area contributed by atoms with Crippen molar-refractivity contribution >= 4 is 11.9 Å².